The molecule has 1 unspecified atom stereocenters. The van der Waals surface area contributed by atoms with E-state index in [4.69, 9.17) is 4.74 Å². The summed E-state index contributed by atoms with van der Waals surface area (Å²) in [6, 6.07) is 22.0. The van der Waals surface area contributed by atoms with Crippen molar-refractivity contribution in [2.45, 2.75) is 95.9 Å². The van der Waals surface area contributed by atoms with Crippen molar-refractivity contribution >= 4 is 18.4 Å². The Morgan fingerprint density at radius 2 is 1.49 bits per heavy atom. The Morgan fingerprint density at radius 3 is 2.00 bits per heavy atom. The highest BCUT2D eigenvalue weighted by Gasteiger charge is 2.48. The molecule has 0 aromatic heterocycles. The van der Waals surface area contributed by atoms with Crippen LogP contribution < -0.4 is 10.4 Å². The molecule has 0 aliphatic carbocycles. The van der Waals surface area contributed by atoms with Gasteiger partial charge in [0.2, 0.25) is 0 Å². The molecule has 0 fully saturated rings. The van der Waals surface area contributed by atoms with Crippen LogP contribution in [0.5, 0.6) is 0 Å². The third-order valence-electron chi connectivity index (χ3n) is 7.12. The van der Waals surface area contributed by atoms with Crippen LogP contribution in [0.15, 0.2) is 65.8 Å². The van der Waals surface area contributed by atoms with Gasteiger partial charge in [-0.2, -0.15) is 0 Å². The van der Waals surface area contributed by atoms with Crippen LogP contribution in [0.3, 0.4) is 0 Å². The molecule has 2 aromatic carbocycles. The molecule has 0 bridgehead atoms. The first-order valence-corrected chi connectivity index (χ1v) is 15.5. The first-order chi connectivity index (χ1) is 16.8. The fraction of sp³-hybridized carbons (Fsp3) is 0.586. The number of unbranched alkanes of at least 4 members (excludes halogenated alkanes) is 4. The van der Waals surface area contributed by atoms with Gasteiger partial charge in [-0.05, 0) is 29.5 Å². The fourth-order valence-corrected chi connectivity index (χ4v) is 10.7. The summed E-state index contributed by atoms with van der Waals surface area (Å²) >= 11 is 0. The first kappa shape index (κ1) is 29.1. The van der Waals surface area contributed by atoms with Gasteiger partial charge in [-0.1, -0.05) is 136 Å². The van der Waals surface area contributed by atoms with E-state index < -0.39 is 8.07 Å². The maximum Gasteiger partial charge on any atom is 0.123 e. The van der Waals surface area contributed by atoms with Crippen LogP contribution in [0.4, 0.5) is 0 Å². The second-order valence-corrected chi connectivity index (χ2v) is 15.5. The van der Waals surface area contributed by atoms with Crippen LogP contribution in [0.2, 0.25) is 11.1 Å². The van der Waals surface area contributed by atoms with E-state index in [0.29, 0.717) is 19.6 Å². The highest BCUT2D eigenvalue weighted by molar-refractivity contribution is 7.04. The Labute approximate surface area is 213 Å². The second kappa shape index (κ2) is 15.1. The summed E-state index contributed by atoms with van der Waals surface area (Å²) in [7, 11) is -2.35. The lowest BCUT2D eigenvalue weighted by molar-refractivity contribution is 0.0722. The molecule has 0 saturated carbocycles. The van der Waals surface area contributed by atoms with Gasteiger partial charge in [0, 0.05) is 11.5 Å². The number of rotatable bonds is 16. The summed E-state index contributed by atoms with van der Waals surface area (Å²) in [4.78, 5) is 3.19. The molecule has 6 heteroatoms. The number of nitrogens with zero attached hydrogens (tertiary/aromatic N) is 3. The predicted octanol–water partition coefficient (Wildman–Crippen LogP) is 6.86. The molecule has 0 radical (unpaired) electrons. The molecule has 2 aromatic rings. The van der Waals surface area contributed by atoms with Gasteiger partial charge in [0.15, 0.2) is 0 Å². The summed E-state index contributed by atoms with van der Waals surface area (Å²) < 4.78 is 5.99. The molecule has 0 amide bonds. The molecule has 192 valence electrons. The molecule has 0 saturated heterocycles. The minimum absolute atomic E-state index is 0.00704. The zero-order valence-corrected chi connectivity index (χ0v) is 23.2. The fourth-order valence-electron chi connectivity index (χ4n) is 5.15. The van der Waals surface area contributed by atoms with Crippen LogP contribution in [0.25, 0.3) is 10.4 Å². The summed E-state index contributed by atoms with van der Waals surface area (Å²) in [6.45, 7) is 9.99. The summed E-state index contributed by atoms with van der Waals surface area (Å²) in [5, 5.41) is 17.2. The van der Waals surface area contributed by atoms with E-state index in [-0.39, 0.29) is 17.2 Å². The van der Waals surface area contributed by atoms with Crippen molar-refractivity contribution in [2.24, 2.45) is 5.11 Å². The zero-order valence-electron chi connectivity index (χ0n) is 22.2. The van der Waals surface area contributed by atoms with E-state index >= 15 is 0 Å². The number of hydrogen-bond donors (Lipinski definition) is 1. The Kier molecular flexibility index (Phi) is 12.6. The molecule has 35 heavy (non-hydrogen) atoms. The van der Waals surface area contributed by atoms with Crippen LogP contribution in [0.1, 0.15) is 72.6 Å². The van der Waals surface area contributed by atoms with Crippen LogP contribution in [-0.4, -0.2) is 38.5 Å². The average Bonchev–Trinajstić information content (AvgIpc) is 2.85. The lowest BCUT2D eigenvalue weighted by Crippen LogP contribution is -2.65. The van der Waals surface area contributed by atoms with Gasteiger partial charge in [0.25, 0.3) is 0 Å². The van der Waals surface area contributed by atoms with E-state index in [0.717, 1.165) is 18.9 Å². The zero-order chi connectivity index (χ0) is 25.6. The first-order valence-electron chi connectivity index (χ1n) is 13.3. The second-order valence-electron chi connectivity index (χ2n) is 10.7. The quantitative estimate of drug-likeness (QED) is 0.0908. The topological polar surface area (TPSA) is 78.2 Å². The van der Waals surface area contributed by atoms with Crippen molar-refractivity contribution in [3.63, 3.8) is 0 Å². The van der Waals surface area contributed by atoms with Crippen molar-refractivity contribution in [3.05, 3.63) is 71.1 Å². The Balaban J connectivity index is 2.12. The number of hydrogen-bond acceptors (Lipinski definition) is 3. The van der Waals surface area contributed by atoms with Crippen LogP contribution in [-0.2, 0) is 4.74 Å². The maximum absolute atomic E-state index is 10.3. The number of aliphatic hydroxyl groups excluding tert-OH is 1. The van der Waals surface area contributed by atoms with E-state index in [9.17, 15) is 10.6 Å². The van der Waals surface area contributed by atoms with Gasteiger partial charge >= 0.3 is 0 Å². The van der Waals surface area contributed by atoms with E-state index in [2.05, 4.69) is 98.4 Å². The predicted molar refractivity (Wildman–Crippen MR) is 150 cm³/mol. The highest BCUT2D eigenvalue weighted by Crippen LogP contribution is 2.39. The number of azide groups is 1. The molecular formula is C29H45N3O2Si. The van der Waals surface area contributed by atoms with Gasteiger partial charge in [-0.25, -0.2) is 0 Å². The Bertz CT molecular complexity index is 840. The molecule has 2 atom stereocenters. The van der Waals surface area contributed by atoms with Gasteiger partial charge in [0.05, 0.1) is 18.8 Å². The minimum atomic E-state index is -2.35. The van der Waals surface area contributed by atoms with E-state index in [1.54, 1.807) is 0 Å². The summed E-state index contributed by atoms with van der Waals surface area (Å²) in [5.74, 6) is 0. The van der Waals surface area contributed by atoms with Gasteiger partial charge < -0.3 is 9.84 Å². The third-order valence-corrected chi connectivity index (χ3v) is 13.4. The van der Waals surface area contributed by atoms with Gasteiger partial charge in [-0.15, -0.1) is 0 Å². The van der Waals surface area contributed by atoms with Crippen molar-refractivity contribution in [2.75, 3.05) is 13.2 Å². The largest absolute Gasteiger partial charge is 0.393 e. The van der Waals surface area contributed by atoms with E-state index in [1.165, 1.54) is 36.1 Å². The molecule has 0 heterocycles. The molecule has 0 aliphatic rings. The van der Waals surface area contributed by atoms with E-state index in [1.807, 2.05) is 0 Å². The Hall–Kier alpha value is -2.11. The van der Waals surface area contributed by atoms with Crippen LogP contribution >= 0.6 is 0 Å². The highest BCUT2D eigenvalue weighted by atomic mass is 28.3. The lowest BCUT2D eigenvalue weighted by Gasteiger charge is -2.45. The lowest BCUT2D eigenvalue weighted by atomic mass is 10.1. The van der Waals surface area contributed by atoms with Crippen LogP contribution in [0, 0.1) is 0 Å². The summed E-state index contributed by atoms with van der Waals surface area (Å²) in [6.07, 6.45) is 7.12. The smallest absolute Gasteiger partial charge is 0.123 e. The summed E-state index contributed by atoms with van der Waals surface area (Å²) in [5.41, 5.74) is 9.36. The number of benzene rings is 2. The molecular weight excluding hydrogens is 450 g/mol. The number of aliphatic hydroxyl groups is 1. The molecule has 0 aliphatic heterocycles. The average molecular weight is 496 g/mol. The maximum atomic E-state index is 10.3. The monoisotopic (exact) mass is 495 g/mol. The minimum Gasteiger partial charge on any atom is -0.393 e. The SMILES string of the molecule is CCCCCCC[C@@H](O)CCOCC(C[Si](c1ccccc1)(c1ccccc1)C(C)(C)C)N=[N+]=[N-]. The van der Waals surface area contributed by atoms with Gasteiger partial charge in [0.1, 0.15) is 8.07 Å². The number of ether oxygens (including phenoxy) is 1. The van der Waals surface area contributed by atoms with Crippen molar-refractivity contribution < 1.29 is 9.84 Å². The van der Waals surface area contributed by atoms with Crippen molar-refractivity contribution in [3.8, 4) is 0 Å². The molecule has 5 nitrogen and oxygen atoms in total. The molecule has 1 N–H and O–H groups in total. The molecule has 0 spiro atoms. The van der Waals surface area contributed by atoms with Crippen molar-refractivity contribution in [1.29, 1.82) is 0 Å². The Morgan fingerprint density at radius 1 is 0.914 bits per heavy atom. The molecule has 2 rings (SSSR count). The standard InChI is InChI=1S/C29H45N3O2Si/c1-5-6-7-8-11-16-26(33)21-22-34-23-25(31-32-30)24-35(29(2,3)4,27-17-12-9-13-18-27)28-19-14-10-15-20-28/h9-10,12-15,17-20,25-26,33H,5-8,11,16,21-24H2,1-4H3/t25?,26-/m1/s1. The third kappa shape index (κ3) is 8.80. The normalized spacial score (nSPS) is 13.7. The van der Waals surface area contributed by atoms with Crippen molar-refractivity contribution in [1.82, 2.24) is 0 Å². The van der Waals surface area contributed by atoms with Gasteiger partial charge in [-0.3, -0.25) is 0 Å².